The third kappa shape index (κ3) is 3.84. The molecule has 0 aromatic carbocycles. The van der Waals surface area contributed by atoms with Gasteiger partial charge in [0.2, 0.25) is 0 Å². The van der Waals surface area contributed by atoms with Crippen LogP contribution in [0.15, 0.2) is 29.3 Å². The summed E-state index contributed by atoms with van der Waals surface area (Å²) in [4.78, 5) is 24.4. The molecule has 4 rings (SSSR count). The summed E-state index contributed by atoms with van der Waals surface area (Å²) in [5.74, 6) is 2.35. The average Bonchev–Trinajstić information content (AvgIpc) is 2.63. The van der Waals surface area contributed by atoms with Crippen LogP contribution in [0.4, 0.5) is 0 Å². The monoisotopic (exact) mass is 366 g/mol. The van der Waals surface area contributed by atoms with Gasteiger partial charge in [0.05, 0.1) is 0 Å². The van der Waals surface area contributed by atoms with Gasteiger partial charge in [-0.2, -0.15) is 0 Å². The molecule has 2 aliphatic rings. The minimum atomic E-state index is 0.0933. The summed E-state index contributed by atoms with van der Waals surface area (Å²) in [5, 5.41) is 0. The zero-order chi connectivity index (χ0) is 19.0. The normalized spacial score (nSPS) is 22.1. The minimum absolute atomic E-state index is 0.0933. The van der Waals surface area contributed by atoms with Crippen LogP contribution in [0, 0.1) is 11.8 Å². The van der Waals surface area contributed by atoms with Crippen LogP contribution in [0.25, 0.3) is 11.4 Å². The Hall–Kier alpha value is -2.01. The molecule has 0 spiro atoms. The lowest BCUT2D eigenvalue weighted by Crippen LogP contribution is -2.48. The van der Waals surface area contributed by atoms with Gasteiger partial charge in [0.15, 0.2) is 5.82 Å². The van der Waals surface area contributed by atoms with Gasteiger partial charge in [0.1, 0.15) is 0 Å². The third-order valence-electron chi connectivity index (χ3n) is 5.76. The van der Waals surface area contributed by atoms with Gasteiger partial charge in [0.25, 0.3) is 5.56 Å². The summed E-state index contributed by atoms with van der Waals surface area (Å²) in [6.07, 6.45) is 7.04. The first-order chi connectivity index (χ1) is 13.0. The van der Waals surface area contributed by atoms with Gasteiger partial charge < -0.3 is 9.47 Å². The number of fused-ring (bicyclic) bond motifs is 4. The molecule has 0 N–H and O–H groups in total. The number of aryl methyl sites for hydroxylation is 1. The SMILES string of the molecule is CCCc1cnc(-c2cc3n(c(=O)c2)C[C@H]2C[C@@H]3CN(CC(C)C)C2)nc1. The Morgan fingerprint density at radius 2 is 1.93 bits per heavy atom. The van der Waals surface area contributed by atoms with E-state index in [1.54, 1.807) is 6.07 Å². The lowest BCUT2D eigenvalue weighted by Gasteiger charge is -2.43. The van der Waals surface area contributed by atoms with Crippen LogP contribution in [0.2, 0.25) is 0 Å². The first-order valence-corrected chi connectivity index (χ1v) is 10.3. The molecule has 1 fully saturated rings. The highest BCUT2D eigenvalue weighted by atomic mass is 16.1. The highest BCUT2D eigenvalue weighted by Gasteiger charge is 2.35. The summed E-state index contributed by atoms with van der Waals surface area (Å²) < 4.78 is 2.00. The Morgan fingerprint density at radius 3 is 2.63 bits per heavy atom. The maximum atomic E-state index is 12.8. The van der Waals surface area contributed by atoms with E-state index in [2.05, 4.69) is 41.7 Å². The molecule has 1 saturated heterocycles. The predicted octanol–water partition coefficient (Wildman–Crippen LogP) is 3.33. The quantitative estimate of drug-likeness (QED) is 0.814. The van der Waals surface area contributed by atoms with Crippen LogP contribution in [0.3, 0.4) is 0 Å². The molecule has 2 aliphatic heterocycles. The maximum absolute atomic E-state index is 12.8. The number of pyridine rings is 1. The van der Waals surface area contributed by atoms with Crippen molar-refractivity contribution in [3.8, 4) is 11.4 Å². The van der Waals surface area contributed by atoms with Gasteiger partial charge in [-0.05, 0) is 36.3 Å². The molecule has 0 amide bonds. The lowest BCUT2D eigenvalue weighted by molar-refractivity contribution is 0.109. The summed E-state index contributed by atoms with van der Waals surface area (Å²) >= 11 is 0. The van der Waals surface area contributed by atoms with E-state index in [9.17, 15) is 4.79 Å². The zero-order valence-electron chi connectivity index (χ0n) is 16.7. The van der Waals surface area contributed by atoms with Gasteiger partial charge >= 0.3 is 0 Å². The topological polar surface area (TPSA) is 51.0 Å². The molecule has 0 aliphatic carbocycles. The molecule has 4 heterocycles. The molecule has 5 nitrogen and oxygen atoms in total. The molecule has 0 saturated carbocycles. The van der Waals surface area contributed by atoms with E-state index in [1.165, 1.54) is 12.1 Å². The van der Waals surface area contributed by atoms with Crippen molar-refractivity contribution in [2.75, 3.05) is 19.6 Å². The zero-order valence-corrected chi connectivity index (χ0v) is 16.7. The first-order valence-electron chi connectivity index (χ1n) is 10.3. The van der Waals surface area contributed by atoms with Crippen molar-refractivity contribution < 1.29 is 0 Å². The van der Waals surface area contributed by atoms with E-state index in [-0.39, 0.29) is 5.56 Å². The summed E-state index contributed by atoms with van der Waals surface area (Å²) in [7, 11) is 0. The van der Waals surface area contributed by atoms with E-state index >= 15 is 0 Å². The number of nitrogens with zero attached hydrogens (tertiary/aromatic N) is 4. The highest BCUT2D eigenvalue weighted by Crippen LogP contribution is 2.36. The van der Waals surface area contributed by atoms with Crippen molar-refractivity contribution in [1.82, 2.24) is 19.4 Å². The molecule has 27 heavy (non-hydrogen) atoms. The first kappa shape index (κ1) is 18.4. The molecular formula is C22H30N4O. The molecule has 2 atom stereocenters. The Kier molecular flexibility index (Phi) is 5.13. The molecule has 2 aromatic rings. The predicted molar refractivity (Wildman–Crippen MR) is 108 cm³/mol. The van der Waals surface area contributed by atoms with Crippen LogP contribution >= 0.6 is 0 Å². The molecule has 0 radical (unpaired) electrons. The number of likely N-dealkylation sites (tertiary alicyclic amines) is 1. The van der Waals surface area contributed by atoms with Crippen molar-refractivity contribution in [2.24, 2.45) is 11.8 Å². The largest absolute Gasteiger partial charge is 0.312 e. The van der Waals surface area contributed by atoms with Gasteiger partial charge in [-0.3, -0.25) is 4.79 Å². The molecule has 0 unspecified atom stereocenters. The number of hydrogen-bond donors (Lipinski definition) is 0. The maximum Gasteiger partial charge on any atom is 0.251 e. The summed E-state index contributed by atoms with van der Waals surface area (Å²) in [6.45, 7) is 10.9. The fourth-order valence-corrected chi connectivity index (χ4v) is 4.77. The number of piperidine rings is 1. The lowest BCUT2D eigenvalue weighted by atomic mass is 9.82. The van der Waals surface area contributed by atoms with Crippen LogP contribution in [-0.2, 0) is 13.0 Å². The van der Waals surface area contributed by atoms with Crippen molar-refractivity contribution >= 4 is 0 Å². The van der Waals surface area contributed by atoms with Gasteiger partial charge in [-0.1, -0.05) is 27.2 Å². The molecule has 5 heteroatoms. The Bertz CT molecular complexity index is 856. The van der Waals surface area contributed by atoms with Gasteiger partial charge in [0, 0.05) is 61.8 Å². The second-order valence-corrected chi connectivity index (χ2v) is 8.69. The average molecular weight is 367 g/mol. The molecule has 144 valence electrons. The number of hydrogen-bond acceptors (Lipinski definition) is 4. The van der Waals surface area contributed by atoms with Crippen molar-refractivity contribution in [1.29, 1.82) is 0 Å². The fraction of sp³-hybridized carbons (Fsp3) is 0.591. The second kappa shape index (κ2) is 7.55. The summed E-state index contributed by atoms with van der Waals surface area (Å²) in [6, 6.07) is 3.88. The molecule has 2 aromatic heterocycles. The van der Waals surface area contributed by atoms with E-state index < -0.39 is 0 Å². The molecular weight excluding hydrogens is 336 g/mol. The van der Waals surface area contributed by atoms with E-state index in [0.717, 1.165) is 50.1 Å². The van der Waals surface area contributed by atoms with Crippen molar-refractivity contribution in [3.63, 3.8) is 0 Å². The molecule has 2 bridgehead atoms. The van der Waals surface area contributed by atoms with Gasteiger partial charge in [-0.25, -0.2) is 9.97 Å². The standard InChI is InChI=1S/C22H30N4O/c1-4-5-16-9-23-22(24-10-16)18-7-20-19-6-17(13-26(20)21(27)8-18)12-25(14-19)11-15(2)3/h7-10,15,17,19H,4-6,11-14H2,1-3H3/t17-,19+/m0/s1. The Morgan fingerprint density at radius 1 is 1.15 bits per heavy atom. The highest BCUT2D eigenvalue weighted by molar-refractivity contribution is 5.55. The van der Waals surface area contributed by atoms with Gasteiger partial charge in [-0.15, -0.1) is 0 Å². The third-order valence-corrected chi connectivity index (χ3v) is 5.76. The summed E-state index contributed by atoms with van der Waals surface area (Å²) in [5.41, 5.74) is 3.27. The number of aromatic nitrogens is 3. The van der Waals surface area contributed by atoms with Crippen molar-refractivity contribution in [3.05, 3.63) is 46.1 Å². The van der Waals surface area contributed by atoms with E-state index in [1.807, 2.05) is 17.0 Å². The van der Waals surface area contributed by atoms with Crippen LogP contribution in [0.5, 0.6) is 0 Å². The van der Waals surface area contributed by atoms with Crippen LogP contribution in [-0.4, -0.2) is 39.1 Å². The van der Waals surface area contributed by atoms with Crippen molar-refractivity contribution in [2.45, 2.75) is 52.5 Å². The smallest absolute Gasteiger partial charge is 0.251 e. The Labute approximate surface area is 161 Å². The van der Waals surface area contributed by atoms with E-state index in [4.69, 9.17) is 0 Å². The van der Waals surface area contributed by atoms with Crippen LogP contribution in [0.1, 0.15) is 50.8 Å². The Balaban J connectivity index is 1.65. The fourth-order valence-electron chi connectivity index (χ4n) is 4.77. The minimum Gasteiger partial charge on any atom is -0.312 e. The van der Waals surface area contributed by atoms with Crippen LogP contribution < -0.4 is 5.56 Å². The van der Waals surface area contributed by atoms with E-state index in [0.29, 0.717) is 23.6 Å². The number of rotatable bonds is 5. The second-order valence-electron chi connectivity index (χ2n) is 8.69.